The molecule has 0 N–H and O–H groups in total. The fourth-order valence-corrected chi connectivity index (χ4v) is 5.32. The first-order chi connectivity index (χ1) is 13.0. The molecule has 146 valence electrons. The van der Waals surface area contributed by atoms with E-state index >= 15 is 0 Å². The molecule has 1 amide bonds. The largest absolute Gasteiger partial charge is 0.466 e. The van der Waals surface area contributed by atoms with E-state index in [4.69, 9.17) is 4.74 Å². The van der Waals surface area contributed by atoms with E-state index in [1.807, 2.05) is 11.8 Å². The molecule has 1 aliphatic heterocycles. The lowest BCUT2D eigenvalue weighted by molar-refractivity contribution is -0.151. The molecule has 1 fully saturated rings. The molecule has 2 aromatic heterocycles. The molecule has 3 heterocycles. The Balaban J connectivity index is 1.50. The number of thioether (sulfide) groups is 1. The molecule has 6 nitrogen and oxygen atoms in total. The number of likely N-dealkylation sites (tertiary alicyclic amines) is 1. The molecule has 2 aromatic rings. The van der Waals surface area contributed by atoms with Gasteiger partial charge in [0, 0.05) is 35.5 Å². The highest BCUT2D eigenvalue weighted by atomic mass is 32.2. The quantitative estimate of drug-likeness (QED) is 0.414. The smallest absolute Gasteiger partial charge is 0.309 e. The minimum Gasteiger partial charge on any atom is -0.466 e. The van der Waals surface area contributed by atoms with Gasteiger partial charge in [0.1, 0.15) is 16.2 Å². The Morgan fingerprint density at radius 3 is 2.74 bits per heavy atom. The zero-order valence-corrected chi connectivity index (χ0v) is 17.6. The number of hydrogen-bond donors (Lipinski definition) is 0. The Bertz CT molecular complexity index is 829. The number of rotatable bonds is 6. The first-order valence-corrected chi connectivity index (χ1v) is 11.1. The van der Waals surface area contributed by atoms with E-state index in [1.165, 1.54) is 10.4 Å². The molecule has 0 spiro atoms. The van der Waals surface area contributed by atoms with Crippen LogP contribution in [0.2, 0.25) is 0 Å². The van der Waals surface area contributed by atoms with Crippen molar-refractivity contribution in [3.8, 4) is 0 Å². The molecular weight excluding hydrogens is 382 g/mol. The minimum atomic E-state index is -0.130. The number of amides is 1. The number of nitrogens with zero attached hydrogens (tertiary/aromatic N) is 3. The van der Waals surface area contributed by atoms with Gasteiger partial charge in [-0.25, -0.2) is 9.97 Å². The second-order valence-electron chi connectivity index (χ2n) is 6.65. The van der Waals surface area contributed by atoms with Crippen LogP contribution in [-0.2, 0) is 14.3 Å². The summed E-state index contributed by atoms with van der Waals surface area (Å²) >= 11 is 3.30. The van der Waals surface area contributed by atoms with Crippen LogP contribution >= 0.6 is 23.1 Å². The standard InChI is InChI=1S/C19H25N3O3S2/c1-4-25-19(24)14-5-8-22(9-6-14)15(23)7-10-26-17-16-12(2)13(3)27-18(16)21-11-20-17/h11,14H,4-10H2,1-3H3. The van der Waals surface area contributed by atoms with Crippen LogP contribution in [0.5, 0.6) is 0 Å². The average Bonchev–Trinajstić information content (AvgIpc) is 2.97. The van der Waals surface area contributed by atoms with Crippen LogP contribution in [-0.4, -0.2) is 52.2 Å². The maximum absolute atomic E-state index is 12.5. The molecule has 27 heavy (non-hydrogen) atoms. The summed E-state index contributed by atoms with van der Waals surface area (Å²) in [6.07, 6.45) is 3.46. The molecule has 0 unspecified atom stereocenters. The average molecular weight is 408 g/mol. The first-order valence-electron chi connectivity index (χ1n) is 9.29. The second-order valence-corrected chi connectivity index (χ2v) is 8.93. The zero-order chi connectivity index (χ0) is 19.4. The first kappa shape index (κ1) is 20.1. The summed E-state index contributed by atoms with van der Waals surface area (Å²) in [6.45, 7) is 7.69. The summed E-state index contributed by atoms with van der Waals surface area (Å²) in [4.78, 5) is 37.2. The lowest BCUT2D eigenvalue weighted by Gasteiger charge is -2.30. The lowest BCUT2D eigenvalue weighted by Crippen LogP contribution is -2.40. The fraction of sp³-hybridized carbons (Fsp3) is 0.579. The van der Waals surface area contributed by atoms with Crippen LogP contribution in [0, 0.1) is 19.8 Å². The van der Waals surface area contributed by atoms with Crippen LogP contribution in [0.15, 0.2) is 11.4 Å². The topological polar surface area (TPSA) is 72.4 Å². The molecule has 0 bridgehead atoms. The predicted molar refractivity (Wildman–Crippen MR) is 108 cm³/mol. The monoisotopic (exact) mass is 407 g/mol. The van der Waals surface area contributed by atoms with E-state index in [0.717, 1.165) is 15.2 Å². The van der Waals surface area contributed by atoms with Gasteiger partial charge in [-0.3, -0.25) is 9.59 Å². The zero-order valence-electron chi connectivity index (χ0n) is 16.0. The van der Waals surface area contributed by atoms with Crippen LogP contribution in [0.25, 0.3) is 10.2 Å². The summed E-state index contributed by atoms with van der Waals surface area (Å²) in [5.41, 5.74) is 1.23. The van der Waals surface area contributed by atoms with Gasteiger partial charge in [0.05, 0.1) is 12.5 Å². The van der Waals surface area contributed by atoms with Gasteiger partial charge in [0.25, 0.3) is 0 Å². The third kappa shape index (κ3) is 4.60. The van der Waals surface area contributed by atoms with Crippen molar-refractivity contribution in [2.45, 2.75) is 45.1 Å². The predicted octanol–water partition coefficient (Wildman–Crippen LogP) is 3.59. The van der Waals surface area contributed by atoms with Crippen molar-refractivity contribution < 1.29 is 14.3 Å². The summed E-state index contributed by atoms with van der Waals surface area (Å²) in [5, 5.41) is 2.07. The summed E-state index contributed by atoms with van der Waals surface area (Å²) < 4.78 is 5.08. The lowest BCUT2D eigenvalue weighted by atomic mass is 9.97. The summed E-state index contributed by atoms with van der Waals surface area (Å²) in [5.74, 6) is 0.641. The number of hydrogen-bond acceptors (Lipinski definition) is 7. The van der Waals surface area contributed by atoms with Gasteiger partial charge in [0.2, 0.25) is 5.91 Å². The molecule has 0 saturated carbocycles. The van der Waals surface area contributed by atoms with Crippen molar-refractivity contribution in [1.82, 2.24) is 14.9 Å². The maximum atomic E-state index is 12.5. The van der Waals surface area contributed by atoms with Gasteiger partial charge < -0.3 is 9.64 Å². The molecule has 0 aliphatic carbocycles. The van der Waals surface area contributed by atoms with E-state index in [2.05, 4.69) is 23.8 Å². The van der Waals surface area contributed by atoms with Crippen molar-refractivity contribution in [3.05, 3.63) is 16.8 Å². The second kappa shape index (κ2) is 9.01. The number of aromatic nitrogens is 2. The Labute approximate surface area is 167 Å². The molecule has 8 heteroatoms. The SMILES string of the molecule is CCOC(=O)C1CCN(C(=O)CCSc2ncnc3sc(C)c(C)c23)CC1. The molecule has 1 aliphatic rings. The van der Waals surface area contributed by atoms with Crippen molar-refractivity contribution in [2.24, 2.45) is 5.92 Å². The number of thiophene rings is 1. The Morgan fingerprint density at radius 2 is 2.04 bits per heavy atom. The van der Waals surface area contributed by atoms with E-state index in [1.54, 1.807) is 29.4 Å². The molecule has 0 radical (unpaired) electrons. The van der Waals surface area contributed by atoms with Gasteiger partial charge in [-0.1, -0.05) is 0 Å². The summed E-state index contributed by atoms with van der Waals surface area (Å²) in [6, 6.07) is 0. The number of fused-ring (bicyclic) bond motifs is 1. The fourth-order valence-electron chi connectivity index (χ4n) is 3.28. The molecule has 1 saturated heterocycles. The van der Waals surface area contributed by atoms with E-state index in [0.29, 0.717) is 44.7 Å². The Morgan fingerprint density at radius 1 is 1.30 bits per heavy atom. The number of aryl methyl sites for hydroxylation is 2. The van der Waals surface area contributed by atoms with Gasteiger partial charge in [-0.05, 0) is 39.2 Å². The minimum absolute atomic E-state index is 0.0671. The number of esters is 1. The van der Waals surface area contributed by atoms with Crippen LogP contribution in [0.4, 0.5) is 0 Å². The molecule has 0 atom stereocenters. The van der Waals surface area contributed by atoms with Gasteiger partial charge in [-0.2, -0.15) is 0 Å². The Kier molecular flexibility index (Phi) is 6.70. The highest BCUT2D eigenvalue weighted by Crippen LogP contribution is 2.34. The van der Waals surface area contributed by atoms with Crippen LogP contribution in [0.1, 0.15) is 36.6 Å². The maximum Gasteiger partial charge on any atom is 0.309 e. The van der Waals surface area contributed by atoms with Gasteiger partial charge in [0.15, 0.2) is 0 Å². The Hall–Kier alpha value is -1.67. The van der Waals surface area contributed by atoms with E-state index in [9.17, 15) is 9.59 Å². The molecule has 0 aromatic carbocycles. The van der Waals surface area contributed by atoms with E-state index < -0.39 is 0 Å². The number of piperidine rings is 1. The number of ether oxygens (including phenoxy) is 1. The number of carbonyl (C=O) groups is 2. The molecule has 3 rings (SSSR count). The van der Waals surface area contributed by atoms with Gasteiger partial charge >= 0.3 is 5.97 Å². The van der Waals surface area contributed by atoms with Crippen molar-refractivity contribution in [3.63, 3.8) is 0 Å². The summed E-state index contributed by atoms with van der Waals surface area (Å²) in [7, 11) is 0. The van der Waals surface area contributed by atoms with E-state index in [-0.39, 0.29) is 17.8 Å². The highest BCUT2D eigenvalue weighted by Gasteiger charge is 2.28. The highest BCUT2D eigenvalue weighted by molar-refractivity contribution is 7.99. The molecular formula is C19H25N3O3S2. The third-order valence-corrected chi connectivity index (χ3v) is 7.06. The van der Waals surface area contributed by atoms with Crippen molar-refractivity contribution in [1.29, 1.82) is 0 Å². The van der Waals surface area contributed by atoms with Crippen LogP contribution in [0.3, 0.4) is 0 Å². The van der Waals surface area contributed by atoms with Gasteiger partial charge in [-0.15, -0.1) is 23.1 Å². The number of carbonyl (C=O) groups excluding carboxylic acids is 2. The van der Waals surface area contributed by atoms with Crippen molar-refractivity contribution >= 4 is 45.2 Å². The third-order valence-electron chi connectivity index (χ3n) is 4.95. The van der Waals surface area contributed by atoms with Crippen LogP contribution < -0.4 is 0 Å². The van der Waals surface area contributed by atoms with Crippen molar-refractivity contribution in [2.75, 3.05) is 25.4 Å². The normalized spacial score (nSPS) is 15.3.